The summed E-state index contributed by atoms with van der Waals surface area (Å²) < 4.78 is 25.4. The van der Waals surface area contributed by atoms with Gasteiger partial charge in [0.15, 0.2) is 5.82 Å². The molecule has 184 valence electrons. The third-order valence-electron chi connectivity index (χ3n) is 6.45. The first-order valence-corrected chi connectivity index (χ1v) is 12.2. The number of halogens is 2. The molecule has 2 heterocycles. The van der Waals surface area contributed by atoms with E-state index in [0.717, 1.165) is 45.7 Å². The highest BCUT2D eigenvalue weighted by Crippen LogP contribution is 2.34. The Bertz CT molecular complexity index is 1140. The van der Waals surface area contributed by atoms with Crippen LogP contribution in [-0.2, 0) is 6.54 Å². The molecule has 2 N–H and O–H groups in total. The van der Waals surface area contributed by atoms with Gasteiger partial charge in [-0.3, -0.25) is 4.99 Å². The fourth-order valence-corrected chi connectivity index (χ4v) is 4.17. The van der Waals surface area contributed by atoms with Crippen LogP contribution in [0, 0.1) is 18.3 Å². The summed E-state index contributed by atoms with van der Waals surface area (Å²) in [6.45, 7) is 6.73. The number of rotatable bonds is 9. The van der Waals surface area contributed by atoms with Crippen molar-refractivity contribution < 1.29 is 8.78 Å². The van der Waals surface area contributed by atoms with Gasteiger partial charge in [-0.15, -0.1) is 6.42 Å². The molecule has 1 aliphatic heterocycles. The number of aliphatic imine (C=N–C) groups is 1. The van der Waals surface area contributed by atoms with Crippen LogP contribution in [0.2, 0.25) is 0 Å². The third kappa shape index (κ3) is 7.40. The Morgan fingerprint density at radius 1 is 1.23 bits per heavy atom. The van der Waals surface area contributed by atoms with Crippen LogP contribution in [0.5, 0.6) is 0 Å². The summed E-state index contributed by atoms with van der Waals surface area (Å²) in [5, 5.41) is 0. The summed E-state index contributed by atoms with van der Waals surface area (Å²) in [5.74, 6) is 3.73. The van der Waals surface area contributed by atoms with Crippen molar-refractivity contribution >= 4 is 5.71 Å². The first-order chi connectivity index (χ1) is 16.8. The highest BCUT2D eigenvalue weighted by molar-refractivity contribution is 5.85. The molecule has 2 unspecified atom stereocenters. The van der Waals surface area contributed by atoms with Gasteiger partial charge in [0.05, 0.1) is 0 Å². The van der Waals surface area contributed by atoms with Crippen LogP contribution in [0.3, 0.4) is 0 Å². The molecule has 0 aliphatic carbocycles. The lowest BCUT2D eigenvalue weighted by Crippen LogP contribution is -2.09. The molecule has 6 heteroatoms. The number of allylic oxidation sites excluding steroid dienone is 4. The molecule has 35 heavy (non-hydrogen) atoms. The Balaban J connectivity index is 1.93. The molecule has 0 spiro atoms. The Morgan fingerprint density at radius 3 is 2.63 bits per heavy atom. The minimum atomic E-state index is -2.27. The molecule has 0 radical (unpaired) electrons. The molecule has 3 rings (SSSR count). The molecule has 4 nitrogen and oxygen atoms in total. The van der Waals surface area contributed by atoms with E-state index >= 15 is 0 Å². The van der Waals surface area contributed by atoms with E-state index in [4.69, 9.17) is 17.1 Å². The Hall–Kier alpha value is -3.17. The van der Waals surface area contributed by atoms with Gasteiger partial charge in [0.1, 0.15) is 0 Å². The Kier molecular flexibility index (Phi) is 9.45. The zero-order chi connectivity index (χ0) is 25.4. The molecule has 2 atom stereocenters. The Labute approximate surface area is 207 Å². The van der Waals surface area contributed by atoms with Gasteiger partial charge in [-0.2, -0.15) is 0 Å². The summed E-state index contributed by atoms with van der Waals surface area (Å²) in [6.07, 6.45) is 13.7. The standard InChI is InChI=1S/C29H34F2N4/c1-5-22-11-12-26(29-33-17-24(16-32)18-34-29)27(15-22)20(3)13-25-14-23(7-6-8-28(30)31)10-9-19(2)21(4)35-25/h1,10-12,14-15,17-20,28H,6-9,13,16,32H2,2-4H3/b23-10+,25-14?,35-21?. The van der Waals surface area contributed by atoms with Crippen molar-refractivity contribution in [2.45, 2.75) is 71.8 Å². The number of benzene rings is 1. The number of nitrogens with two attached hydrogens (primary N) is 1. The highest BCUT2D eigenvalue weighted by Gasteiger charge is 2.18. The summed E-state index contributed by atoms with van der Waals surface area (Å²) in [4.78, 5) is 14.0. The quantitative estimate of drug-likeness (QED) is 0.404. The van der Waals surface area contributed by atoms with Crippen LogP contribution < -0.4 is 5.73 Å². The summed E-state index contributed by atoms with van der Waals surface area (Å²) in [7, 11) is 0. The predicted molar refractivity (Wildman–Crippen MR) is 139 cm³/mol. The Morgan fingerprint density at radius 2 is 1.97 bits per heavy atom. The fraction of sp³-hybridized carbons (Fsp3) is 0.414. The maximum atomic E-state index is 12.7. The maximum Gasteiger partial charge on any atom is 0.238 e. The minimum Gasteiger partial charge on any atom is -0.326 e. The van der Waals surface area contributed by atoms with Crippen LogP contribution >= 0.6 is 0 Å². The SMILES string of the molecule is C#Cc1ccc(-c2ncc(CN)cn2)c(C(C)CC2=C/C(CCCC(F)F)=C/CC(C)C(C)=N2)c1. The number of aromatic nitrogens is 2. The van der Waals surface area contributed by atoms with Crippen LogP contribution in [-0.4, -0.2) is 22.1 Å². The monoisotopic (exact) mass is 476 g/mol. The second-order valence-corrected chi connectivity index (χ2v) is 9.26. The van der Waals surface area contributed by atoms with Crippen molar-refractivity contribution in [2.24, 2.45) is 16.6 Å². The van der Waals surface area contributed by atoms with Gasteiger partial charge in [-0.1, -0.05) is 31.4 Å². The number of hydrogen-bond acceptors (Lipinski definition) is 4. The van der Waals surface area contributed by atoms with Gasteiger partial charge in [-0.25, -0.2) is 18.7 Å². The van der Waals surface area contributed by atoms with Crippen LogP contribution in [0.4, 0.5) is 8.78 Å². The van der Waals surface area contributed by atoms with E-state index in [9.17, 15) is 8.78 Å². The van der Waals surface area contributed by atoms with Crippen LogP contribution in [0.25, 0.3) is 11.4 Å². The second-order valence-electron chi connectivity index (χ2n) is 9.26. The normalized spacial score (nSPS) is 18.6. The van der Waals surface area contributed by atoms with Gasteiger partial charge in [0.2, 0.25) is 6.43 Å². The lowest BCUT2D eigenvalue weighted by Gasteiger charge is -2.20. The predicted octanol–water partition coefficient (Wildman–Crippen LogP) is 6.82. The minimum absolute atomic E-state index is 0.0796. The largest absolute Gasteiger partial charge is 0.326 e. The fourth-order valence-electron chi connectivity index (χ4n) is 4.17. The van der Waals surface area contributed by atoms with Gasteiger partial charge < -0.3 is 5.73 Å². The summed E-state index contributed by atoms with van der Waals surface area (Å²) in [6, 6.07) is 5.88. The zero-order valence-electron chi connectivity index (χ0n) is 20.8. The molecule has 0 amide bonds. The smallest absolute Gasteiger partial charge is 0.238 e. The molecular weight excluding hydrogens is 442 g/mol. The lowest BCUT2D eigenvalue weighted by atomic mass is 9.88. The van der Waals surface area contributed by atoms with Crippen molar-refractivity contribution in [3.05, 3.63) is 70.7 Å². The van der Waals surface area contributed by atoms with Crippen molar-refractivity contribution in [3.63, 3.8) is 0 Å². The van der Waals surface area contributed by atoms with E-state index in [1.54, 1.807) is 12.4 Å². The van der Waals surface area contributed by atoms with E-state index in [1.165, 1.54) is 0 Å². The molecule has 1 aromatic carbocycles. The van der Waals surface area contributed by atoms with Crippen molar-refractivity contribution in [2.75, 3.05) is 0 Å². The average molecular weight is 477 g/mol. The topological polar surface area (TPSA) is 64.2 Å². The van der Waals surface area contributed by atoms with E-state index in [0.29, 0.717) is 37.5 Å². The van der Waals surface area contributed by atoms with Crippen molar-refractivity contribution in [1.82, 2.24) is 9.97 Å². The molecular formula is C29H34F2N4. The van der Waals surface area contributed by atoms with Gasteiger partial charge in [-0.05, 0) is 74.3 Å². The molecule has 0 saturated heterocycles. The van der Waals surface area contributed by atoms with Gasteiger partial charge in [0.25, 0.3) is 0 Å². The first-order valence-electron chi connectivity index (χ1n) is 12.2. The van der Waals surface area contributed by atoms with Crippen LogP contribution in [0.1, 0.15) is 75.5 Å². The molecule has 1 aromatic heterocycles. The summed E-state index contributed by atoms with van der Waals surface area (Å²) >= 11 is 0. The molecule has 0 fully saturated rings. The molecule has 2 aromatic rings. The number of nitrogens with zero attached hydrogens (tertiary/aromatic N) is 3. The van der Waals surface area contributed by atoms with E-state index < -0.39 is 6.43 Å². The maximum absolute atomic E-state index is 12.7. The lowest BCUT2D eigenvalue weighted by molar-refractivity contribution is 0.135. The molecule has 0 saturated carbocycles. The van der Waals surface area contributed by atoms with Crippen LogP contribution in [0.15, 0.2) is 59.0 Å². The second kappa shape index (κ2) is 12.5. The highest BCUT2D eigenvalue weighted by atomic mass is 19.3. The van der Waals surface area contributed by atoms with Gasteiger partial charge in [0, 0.05) is 53.5 Å². The zero-order valence-corrected chi connectivity index (χ0v) is 20.8. The van der Waals surface area contributed by atoms with Crippen molar-refractivity contribution in [3.8, 4) is 23.7 Å². The first kappa shape index (κ1) is 26.4. The summed E-state index contributed by atoms with van der Waals surface area (Å²) in [5.41, 5.74) is 12.4. The van der Waals surface area contributed by atoms with E-state index in [-0.39, 0.29) is 12.3 Å². The third-order valence-corrected chi connectivity index (χ3v) is 6.45. The number of alkyl halides is 2. The van der Waals surface area contributed by atoms with E-state index in [1.807, 2.05) is 18.2 Å². The van der Waals surface area contributed by atoms with Crippen molar-refractivity contribution in [1.29, 1.82) is 0 Å². The van der Waals surface area contributed by atoms with Gasteiger partial charge >= 0.3 is 0 Å². The molecule has 0 bridgehead atoms. The number of hydrogen-bond donors (Lipinski definition) is 1. The number of terminal acetylenes is 1. The van der Waals surface area contributed by atoms with E-state index in [2.05, 4.69) is 48.8 Å². The average Bonchev–Trinajstić information content (AvgIpc) is 2.85. The molecule has 1 aliphatic rings.